The van der Waals surface area contributed by atoms with Crippen molar-refractivity contribution < 1.29 is 16.8 Å². The van der Waals surface area contributed by atoms with Gasteiger partial charge in [0.25, 0.3) is 10.0 Å². The van der Waals surface area contributed by atoms with Gasteiger partial charge >= 0.3 is 0 Å². The Morgan fingerprint density at radius 1 is 0.710 bits per heavy atom. The first-order valence-electron chi connectivity index (χ1n) is 10.6. The van der Waals surface area contributed by atoms with Crippen molar-refractivity contribution in [3.63, 3.8) is 0 Å². The zero-order valence-electron chi connectivity index (χ0n) is 17.1. The van der Waals surface area contributed by atoms with Crippen LogP contribution in [0.3, 0.4) is 0 Å². The van der Waals surface area contributed by atoms with Crippen LogP contribution in [0.25, 0.3) is 0 Å². The Labute approximate surface area is 183 Å². The Balaban J connectivity index is 1.32. The third kappa shape index (κ3) is 4.06. The number of nitrogen functional groups attached to an aromatic ring is 1. The Morgan fingerprint density at radius 3 is 1.68 bits per heavy atom. The Hall–Kier alpha value is -2.10. The molecule has 0 unspecified atom stereocenters. The minimum atomic E-state index is -3.79. The van der Waals surface area contributed by atoms with Crippen LogP contribution in [-0.4, -0.2) is 22.4 Å². The molecule has 166 valence electrons. The smallest absolute Gasteiger partial charge is 0.261 e. The van der Waals surface area contributed by atoms with Gasteiger partial charge in [-0.05, 0) is 105 Å². The Bertz CT molecular complexity index is 1160. The number of benzene rings is 2. The highest BCUT2D eigenvalue weighted by molar-refractivity contribution is 7.92. The largest absolute Gasteiger partial charge is 0.399 e. The second kappa shape index (κ2) is 7.21. The third-order valence-corrected chi connectivity index (χ3v) is 9.99. The molecule has 4 aliphatic carbocycles. The molecule has 0 aromatic heterocycles. The van der Waals surface area contributed by atoms with Crippen LogP contribution >= 0.6 is 0 Å². The van der Waals surface area contributed by atoms with Gasteiger partial charge in [0, 0.05) is 16.9 Å². The molecule has 0 heterocycles. The first-order valence-corrected chi connectivity index (χ1v) is 13.6. The van der Waals surface area contributed by atoms with Gasteiger partial charge in [0.05, 0.1) is 9.79 Å². The molecule has 0 saturated heterocycles. The summed E-state index contributed by atoms with van der Waals surface area (Å²) in [5.74, 6) is 1.91. The van der Waals surface area contributed by atoms with E-state index in [9.17, 15) is 16.8 Å². The van der Waals surface area contributed by atoms with Gasteiger partial charge in [0.1, 0.15) is 0 Å². The summed E-state index contributed by atoms with van der Waals surface area (Å²) in [6.45, 7) is 0. The van der Waals surface area contributed by atoms with E-state index in [0.717, 1.165) is 19.3 Å². The third-order valence-electron chi connectivity index (χ3n) is 7.00. The van der Waals surface area contributed by atoms with Crippen LogP contribution in [0.15, 0.2) is 58.3 Å². The molecule has 4 aliphatic rings. The molecule has 9 heteroatoms. The van der Waals surface area contributed by atoms with Gasteiger partial charge in [-0.1, -0.05) is 0 Å². The number of nitrogens with one attached hydrogen (secondary N) is 2. The quantitative estimate of drug-likeness (QED) is 0.570. The number of rotatable bonds is 6. The van der Waals surface area contributed by atoms with Gasteiger partial charge in [-0.2, -0.15) is 0 Å². The summed E-state index contributed by atoms with van der Waals surface area (Å²) < 4.78 is 56.8. The predicted molar refractivity (Wildman–Crippen MR) is 119 cm³/mol. The van der Waals surface area contributed by atoms with Gasteiger partial charge in [0.15, 0.2) is 0 Å². The zero-order chi connectivity index (χ0) is 21.9. The lowest BCUT2D eigenvalue weighted by atomic mass is 9.53. The minimum Gasteiger partial charge on any atom is -0.399 e. The molecule has 6 rings (SSSR count). The molecular weight excluding hydrogens is 434 g/mol. The highest BCUT2D eigenvalue weighted by atomic mass is 32.2. The second-order valence-corrected chi connectivity index (χ2v) is 12.9. The Kier molecular flexibility index (Phi) is 4.84. The van der Waals surface area contributed by atoms with Crippen LogP contribution in [0.4, 0.5) is 11.4 Å². The molecule has 0 aliphatic heterocycles. The van der Waals surface area contributed by atoms with Crippen molar-refractivity contribution in [2.75, 3.05) is 10.5 Å². The highest BCUT2D eigenvalue weighted by Gasteiger charge is 2.52. The molecule has 4 bridgehead atoms. The van der Waals surface area contributed by atoms with E-state index in [0.29, 0.717) is 29.1 Å². The van der Waals surface area contributed by atoms with Crippen molar-refractivity contribution in [3.8, 4) is 0 Å². The maximum Gasteiger partial charge on any atom is 0.261 e. The van der Waals surface area contributed by atoms with Gasteiger partial charge in [-0.3, -0.25) is 4.72 Å². The summed E-state index contributed by atoms with van der Waals surface area (Å²) in [4.78, 5) is 0.237. The van der Waals surface area contributed by atoms with Gasteiger partial charge in [-0.15, -0.1) is 0 Å². The van der Waals surface area contributed by atoms with Crippen LogP contribution in [0.2, 0.25) is 0 Å². The van der Waals surface area contributed by atoms with Gasteiger partial charge in [-0.25, -0.2) is 21.6 Å². The van der Waals surface area contributed by atoms with E-state index in [1.807, 2.05) is 0 Å². The maximum atomic E-state index is 13.1. The predicted octanol–water partition coefficient (Wildman–Crippen LogP) is 3.32. The fourth-order valence-electron chi connectivity index (χ4n) is 6.14. The molecule has 0 spiro atoms. The monoisotopic (exact) mass is 461 g/mol. The molecule has 0 radical (unpaired) electrons. The number of hydrogen-bond acceptors (Lipinski definition) is 5. The van der Waals surface area contributed by atoms with Crippen molar-refractivity contribution in [3.05, 3.63) is 48.5 Å². The standard InChI is InChI=1S/C22H27N3O4S2/c23-18-1-5-20(6-2-18)30(26,27)24-19-3-7-21(8-4-19)31(28,29)25-22-12-15-9-16(13-22)11-17(10-15)14-22/h1-8,15-17,24-25H,9-14,23H2. The summed E-state index contributed by atoms with van der Waals surface area (Å²) in [6.07, 6.45) is 6.50. The van der Waals surface area contributed by atoms with Gasteiger partial charge < -0.3 is 5.73 Å². The number of sulfonamides is 2. The molecule has 4 N–H and O–H groups in total. The molecule has 4 saturated carbocycles. The van der Waals surface area contributed by atoms with Crippen LogP contribution in [0.5, 0.6) is 0 Å². The van der Waals surface area contributed by atoms with Crippen LogP contribution in [-0.2, 0) is 20.0 Å². The van der Waals surface area contributed by atoms with E-state index in [1.54, 1.807) is 0 Å². The lowest BCUT2D eigenvalue weighted by Crippen LogP contribution is -2.59. The maximum absolute atomic E-state index is 13.1. The van der Waals surface area contributed by atoms with Crippen LogP contribution in [0, 0.1) is 17.8 Å². The van der Waals surface area contributed by atoms with E-state index in [1.165, 1.54) is 67.8 Å². The number of nitrogens with two attached hydrogens (primary N) is 1. The lowest BCUT2D eigenvalue weighted by Gasteiger charge is -2.56. The van der Waals surface area contributed by atoms with Crippen LogP contribution < -0.4 is 15.2 Å². The molecule has 2 aromatic rings. The zero-order valence-corrected chi connectivity index (χ0v) is 18.8. The summed E-state index contributed by atoms with van der Waals surface area (Å²) >= 11 is 0. The molecule has 31 heavy (non-hydrogen) atoms. The second-order valence-electron chi connectivity index (χ2n) is 9.50. The summed E-state index contributed by atoms with van der Waals surface area (Å²) in [6, 6.07) is 11.7. The number of hydrogen-bond donors (Lipinski definition) is 3. The SMILES string of the molecule is Nc1ccc(S(=O)(=O)Nc2ccc(S(=O)(=O)NC34CC5CC(CC(C5)C3)C4)cc2)cc1. The fraction of sp³-hybridized carbons (Fsp3) is 0.455. The fourth-order valence-corrected chi connectivity index (χ4v) is 8.63. The van der Waals surface area contributed by atoms with Crippen molar-refractivity contribution >= 4 is 31.4 Å². The molecule has 7 nitrogen and oxygen atoms in total. The van der Waals surface area contributed by atoms with E-state index in [2.05, 4.69) is 9.44 Å². The Morgan fingerprint density at radius 2 is 1.16 bits per heavy atom. The van der Waals surface area contributed by atoms with E-state index < -0.39 is 20.0 Å². The van der Waals surface area contributed by atoms with Crippen molar-refractivity contribution in [1.82, 2.24) is 4.72 Å². The van der Waals surface area contributed by atoms with E-state index >= 15 is 0 Å². The first kappa shape index (κ1) is 20.8. The van der Waals surface area contributed by atoms with Gasteiger partial charge in [0.2, 0.25) is 10.0 Å². The average molecular weight is 462 g/mol. The normalized spacial score (nSPS) is 29.7. The molecule has 0 atom stereocenters. The average Bonchev–Trinajstić information content (AvgIpc) is 2.66. The highest BCUT2D eigenvalue weighted by Crippen LogP contribution is 2.55. The van der Waals surface area contributed by atoms with E-state index in [-0.39, 0.29) is 15.3 Å². The molecule has 0 amide bonds. The molecule has 4 fully saturated rings. The summed E-state index contributed by atoms with van der Waals surface area (Å²) in [7, 11) is -7.47. The van der Waals surface area contributed by atoms with Crippen molar-refractivity contribution in [2.24, 2.45) is 17.8 Å². The number of anilines is 2. The van der Waals surface area contributed by atoms with Crippen molar-refractivity contribution in [1.29, 1.82) is 0 Å². The topological polar surface area (TPSA) is 118 Å². The van der Waals surface area contributed by atoms with Crippen LogP contribution in [0.1, 0.15) is 38.5 Å². The lowest BCUT2D eigenvalue weighted by molar-refractivity contribution is -0.00810. The molecular formula is C22H27N3O4S2. The summed E-state index contributed by atoms with van der Waals surface area (Å²) in [5.41, 5.74) is 6.06. The molecule has 2 aromatic carbocycles. The first-order chi connectivity index (χ1) is 14.6. The minimum absolute atomic E-state index is 0.0851. The van der Waals surface area contributed by atoms with E-state index in [4.69, 9.17) is 5.73 Å². The summed E-state index contributed by atoms with van der Waals surface area (Å²) in [5, 5.41) is 0. The van der Waals surface area contributed by atoms with Crippen molar-refractivity contribution in [2.45, 2.75) is 53.9 Å².